The van der Waals surface area contributed by atoms with Crippen LogP contribution in [0.3, 0.4) is 0 Å². The Kier molecular flexibility index (Phi) is 4.49. The van der Waals surface area contributed by atoms with Crippen LogP contribution in [-0.4, -0.2) is 16.9 Å². The zero-order chi connectivity index (χ0) is 14.7. The van der Waals surface area contributed by atoms with Crippen LogP contribution in [0.25, 0.3) is 0 Å². The number of carbonyl (C=O) groups is 1. The number of pyridine rings is 1. The highest BCUT2D eigenvalue weighted by Gasteiger charge is 2.16. The largest absolute Gasteiger partial charge is 0.489 e. The molecule has 0 spiro atoms. The van der Waals surface area contributed by atoms with Gasteiger partial charge in [0.05, 0.1) is 22.3 Å². The molecule has 5 heteroatoms. The Morgan fingerprint density at radius 2 is 2.10 bits per heavy atom. The van der Waals surface area contributed by atoms with E-state index in [0.717, 1.165) is 0 Å². The molecule has 3 nitrogen and oxygen atoms in total. The number of benzene rings is 1. The summed E-state index contributed by atoms with van der Waals surface area (Å²) in [4.78, 5) is 16.3. The van der Waals surface area contributed by atoms with Crippen LogP contribution in [0.1, 0.15) is 29.8 Å². The normalized spacial score (nSPS) is 10.7. The Hall–Kier alpha value is -1.75. The van der Waals surface area contributed by atoms with Gasteiger partial charge in [-0.2, -0.15) is 0 Å². The van der Waals surface area contributed by atoms with Gasteiger partial charge in [0, 0.05) is 11.8 Å². The lowest BCUT2D eigenvalue weighted by atomic mass is 10.0. The topological polar surface area (TPSA) is 39.2 Å². The smallest absolute Gasteiger partial charge is 0.197 e. The fourth-order valence-corrected chi connectivity index (χ4v) is 2.08. The molecule has 0 radical (unpaired) electrons. The average Bonchev–Trinajstić information content (AvgIpc) is 2.41. The highest BCUT2D eigenvalue weighted by molar-refractivity contribution is 9.10. The van der Waals surface area contributed by atoms with Crippen LogP contribution in [0.15, 0.2) is 41.1 Å². The summed E-state index contributed by atoms with van der Waals surface area (Å²) in [6, 6.07) is 6.17. The predicted molar refractivity (Wildman–Crippen MR) is 77.5 cm³/mol. The van der Waals surface area contributed by atoms with Crippen molar-refractivity contribution in [3.63, 3.8) is 0 Å². The van der Waals surface area contributed by atoms with Crippen LogP contribution in [0.5, 0.6) is 5.75 Å². The number of rotatable bonds is 4. The van der Waals surface area contributed by atoms with Crippen LogP contribution >= 0.6 is 15.9 Å². The molecule has 0 aliphatic carbocycles. The van der Waals surface area contributed by atoms with E-state index in [-0.39, 0.29) is 16.1 Å². The molecule has 20 heavy (non-hydrogen) atoms. The first-order valence-corrected chi connectivity index (χ1v) is 6.88. The van der Waals surface area contributed by atoms with Gasteiger partial charge in [-0.05, 0) is 48.0 Å². The number of carbonyl (C=O) groups excluding carboxylic acids is 1. The summed E-state index contributed by atoms with van der Waals surface area (Å²) in [6.07, 6.45) is 2.90. The Balaban J connectivity index is 2.36. The maximum absolute atomic E-state index is 13.9. The molecule has 0 unspecified atom stereocenters. The van der Waals surface area contributed by atoms with Gasteiger partial charge in [-0.1, -0.05) is 6.07 Å². The third-order valence-corrected chi connectivity index (χ3v) is 3.16. The lowest BCUT2D eigenvalue weighted by Crippen LogP contribution is -2.08. The lowest BCUT2D eigenvalue weighted by molar-refractivity contribution is 0.103. The average molecular weight is 338 g/mol. The first-order chi connectivity index (χ1) is 9.49. The lowest BCUT2D eigenvalue weighted by Gasteiger charge is -2.10. The van der Waals surface area contributed by atoms with Gasteiger partial charge in [0.15, 0.2) is 5.78 Å². The van der Waals surface area contributed by atoms with Gasteiger partial charge >= 0.3 is 0 Å². The number of aromatic nitrogens is 1. The summed E-state index contributed by atoms with van der Waals surface area (Å²) in [5, 5.41) is 0. The minimum absolute atomic E-state index is 0.00266. The number of hydrogen-bond donors (Lipinski definition) is 0. The number of ether oxygens (including phenoxy) is 1. The summed E-state index contributed by atoms with van der Waals surface area (Å²) in [7, 11) is 0. The van der Waals surface area contributed by atoms with Gasteiger partial charge in [-0.3, -0.25) is 9.78 Å². The quantitative estimate of drug-likeness (QED) is 0.791. The van der Waals surface area contributed by atoms with Gasteiger partial charge in [0.1, 0.15) is 11.6 Å². The van der Waals surface area contributed by atoms with Gasteiger partial charge in [0.25, 0.3) is 0 Å². The third-order valence-electron chi connectivity index (χ3n) is 2.54. The predicted octanol–water partition coefficient (Wildman–Crippen LogP) is 4.00. The monoisotopic (exact) mass is 337 g/mol. The summed E-state index contributed by atoms with van der Waals surface area (Å²) in [6.45, 7) is 3.75. The molecule has 0 aliphatic rings. The van der Waals surface area contributed by atoms with E-state index in [1.807, 2.05) is 13.8 Å². The second-order valence-electron chi connectivity index (χ2n) is 4.51. The third kappa shape index (κ3) is 3.22. The molecule has 0 N–H and O–H groups in total. The van der Waals surface area contributed by atoms with Crippen LogP contribution in [0.2, 0.25) is 0 Å². The molecule has 0 saturated carbocycles. The van der Waals surface area contributed by atoms with Crippen molar-refractivity contribution in [3.8, 4) is 5.75 Å². The first kappa shape index (κ1) is 14.7. The molecule has 0 bridgehead atoms. The maximum atomic E-state index is 13.9. The second kappa shape index (κ2) is 6.13. The molecule has 2 rings (SSSR count). The molecule has 0 aliphatic heterocycles. The molecule has 1 aromatic heterocycles. The minimum Gasteiger partial charge on any atom is -0.489 e. The Morgan fingerprint density at radius 3 is 2.80 bits per heavy atom. The van der Waals surface area contributed by atoms with Crippen LogP contribution < -0.4 is 4.74 Å². The van der Waals surface area contributed by atoms with Crippen LogP contribution in [-0.2, 0) is 0 Å². The van der Waals surface area contributed by atoms with Gasteiger partial charge < -0.3 is 4.74 Å². The molecule has 0 atom stereocenters. The molecule has 104 valence electrons. The second-order valence-corrected chi connectivity index (χ2v) is 5.36. The van der Waals surface area contributed by atoms with Crippen molar-refractivity contribution in [3.05, 3.63) is 58.1 Å². The fourth-order valence-electron chi connectivity index (χ4n) is 1.71. The molecule has 1 aromatic carbocycles. The minimum atomic E-state index is -0.576. The van der Waals surface area contributed by atoms with Gasteiger partial charge in [-0.15, -0.1) is 0 Å². The number of halogens is 2. The summed E-state index contributed by atoms with van der Waals surface area (Å²) >= 11 is 3.07. The maximum Gasteiger partial charge on any atom is 0.197 e. The van der Waals surface area contributed by atoms with Crippen molar-refractivity contribution in [1.82, 2.24) is 4.98 Å². The highest BCUT2D eigenvalue weighted by Crippen LogP contribution is 2.22. The molecule has 2 aromatic rings. The van der Waals surface area contributed by atoms with E-state index in [1.165, 1.54) is 18.5 Å². The molecular weight excluding hydrogens is 325 g/mol. The molecule has 0 saturated heterocycles. The fraction of sp³-hybridized carbons (Fsp3) is 0.200. The first-order valence-electron chi connectivity index (χ1n) is 6.09. The molecule has 1 heterocycles. The molecule has 0 amide bonds. The van der Waals surface area contributed by atoms with Crippen molar-refractivity contribution in [1.29, 1.82) is 0 Å². The van der Waals surface area contributed by atoms with E-state index in [2.05, 4.69) is 20.9 Å². The van der Waals surface area contributed by atoms with Crippen LogP contribution in [0, 0.1) is 5.82 Å². The SMILES string of the molecule is CC(C)Oc1cncc(C(=O)c2cccc(Br)c2F)c1. The van der Waals surface area contributed by atoms with Gasteiger partial charge in [-0.25, -0.2) is 4.39 Å². The van der Waals surface area contributed by atoms with Crippen molar-refractivity contribution in [2.75, 3.05) is 0 Å². The Labute approximate surface area is 124 Å². The standard InChI is InChI=1S/C15H13BrFNO2/c1-9(2)20-11-6-10(7-18-8-11)15(19)12-4-3-5-13(16)14(12)17/h3-9H,1-2H3. The van der Waals surface area contributed by atoms with E-state index in [4.69, 9.17) is 4.74 Å². The van der Waals surface area contributed by atoms with Crippen molar-refractivity contribution >= 4 is 21.7 Å². The molecular formula is C15H13BrFNO2. The van der Waals surface area contributed by atoms with E-state index in [1.54, 1.807) is 18.2 Å². The highest BCUT2D eigenvalue weighted by atomic mass is 79.9. The zero-order valence-corrected chi connectivity index (χ0v) is 12.6. The van der Waals surface area contributed by atoms with Crippen molar-refractivity contribution < 1.29 is 13.9 Å². The van der Waals surface area contributed by atoms with E-state index in [9.17, 15) is 9.18 Å². The molecule has 0 fully saturated rings. The summed E-state index contributed by atoms with van der Waals surface area (Å²) < 4.78 is 19.7. The Bertz CT molecular complexity index is 644. The zero-order valence-electron chi connectivity index (χ0n) is 11.1. The van der Waals surface area contributed by atoms with Crippen LogP contribution in [0.4, 0.5) is 4.39 Å². The van der Waals surface area contributed by atoms with E-state index < -0.39 is 11.6 Å². The number of ketones is 1. The summed E-state index contributed by atoms with van der Waals surface area (Å²) in [5.41, 5.74) is 0.294. The van der Waals surface area contributed by atoms with E-state index in [0.29, 0.717) is 11.3 Å². The summed E-state index contributed by atoms with van der Waals surface area (Å²) in [5.74, 6) is -0.514. The Morgan fingerprint density at radius 1 is 1.35 bits per heavy atom. The van der Waals surface area contributed by atoms with Crippen molar-refractivity contribution in [2.45, 2.75) is 20.0 Å². The van der Waals surface area contributed by atoms with Gasteiger partial charge in [0.2, 0.25) is 0 Å². The van der Waals surface area contributed by atoms with Crippen molar-refractivity contribution in [2.24, 2.45) is 0 Å². The number of nitrogens with zero attached hydrogens (tertiary/aromatic N) is 1. The van der Waals surface area contributed by atoms with E-state index >= 15 is 0 Å². The number of hydrogen-bond acceptors (Lipinski definition) is 3.